The van der Waals surface area contributed by atoms with Crippen LogP contribution >= 0.6 is 0 Å². The number of hydrogen-bond acceptors (Lipinski definition) is 2. The molecule has 2 aromatic carbocycles. The monoisotopic (exact) mass is 230 g/mol. The van der Waals surface area contributed by atoms with Crippen LogP contribution < -0.4 is 10.6 Å². The minimum absolute atomic E-state index is 0.249. The number of nitrogen functional groups attached to an aromatic ring is 1. The molecule has 2 N–H and O–H groups in total. The van der Waals surface area contributed by atoms with Crippen LogP contribution in [0.15, 0.2) is 42.5 Å². The number of anilines is 3. The lowest BCUT2D eigenvalue weighted by Crippen LogP contribution is -2.13. The van der Waals surface area contributed by atoms with Crippen molar-refractivity contribution >= 4 is 17.1 Å². The van der Waals surface area contributed by atoms with E-state index in [4.69, 9.17) is 5.73 Å². The molecule has 0 saturated carbocycles. The van der Waals surface area contributed by atoms with E-state index in [2.05, 4.69) is 0 Å². The molecule has 2 rings (SSSR count). The lowest BCUT2D eigenvalue weighted by atomic mass is 10.1. The van der Waals surface area contributed by atoms with Gasteiger partial charge in [-0.1, -0.05) is 18.2 Å². The van der Waals surface area contributed by atoms with Crippen molar-refractivity contribution in [2.24, 2.45) is 0 Å². The first-order valence-electron chi connectivity index (χ1n) is 5.44. The quantitative estimate of drug-likeness (QED) is 0.800. The van der Waals surface area contributed by atoms with Gasteiger partial charge in [0.25, 0.3) is 0 Å². The largest absolute Gasteiger partial charge is 0.397 e. The molecule has 0 spiro atoms. The molecule has 3 heteroatoms. The van der Waals surface area contributed by atoms with Gasteiger partial charge in [0.05, 0.1) is 11.4 Å². The maximum Gasteiger partial charge on any atom is 0.125 e. The van der Waals surface area contributed by atoms with Crippen LogP contribution in [0, 0.1) is 12.7 Å². The summed E-state index contributed by atoms with van der Waals surface area (Å²) >= 11 is 0. The minimum atomic E-state index is -0.249. The molecule has 0 aliphatic rings. The van der Waals surface area contributed by atoms with Crippen molar-refractivity contribution < 1.29 is 4.39 Å². The van der Waals surface area contributed by atoms with Gasteiger partial charge in [-0.3, -0.25) is 0 Å². The van der Waals surface area contributed by atoms with Crippen LogP contribution in [-0.2, 0) is 0 Å². The summed E-state index contributed by atoms with van der Waals surface area (Å²) in [4.78, 5) is 1.90. The molecule has 88 valence electrons. The molecule has 0 aromatic heterocycles. The Morgan fingerprint density at radius 1 is 1.12 bits per heavy atom. The van der Waals surface area contributed by atoms with E-state index in [0.717, 1.165) is 16.9 Å². The van der Waals surface area contributed by atoms with Gasteiger partial charge in [-0.15, -0.1) is 0 Å². The average molecular weight is 230 g/mol. The Kier molecular flexibility index (Phi) is 3.00. The summed E-state index contributed by atoms with van der Waals surface area (Å²) in [5, 5.41) is 0. The second kappa shape index (κ2) is 4.45. The van der Waals surface area contributed by atoms with Crippen LogP contribution in [0.5, 0.6) is 0 Å². The zero-order valence-electron chi connectivity index (χ0n) is 9.94. The number of para-hydroxylation sites is 1. The van der Waals surface area contributed by atoms with Crippen molar-refractivity contribution in [3.05, 3.63) is 53.8 Å². The van der Waals surface area contributed by atoms with Crippen LogP contribution in [-0.4, -0.2) is 7.05 Å². The third kappa shape index (κ3) is 2.23. The fourth-order valence-electron chi connectivity index (χ4n) is 1.95. The second-order valence-corrected chi connectivity index (χ2v) is 4.05. The molecule has 0 saturated heterocycles. The van der Waals surface area contributed by atoms with Gasteiger partial charge in [0.15, 0.2) is 0 Å². The zero-order chi connectivity index (χ0) is 12.4. The maximum absolute atomic E-state index is 13.2. The van der Waals surface area contributed by atoms with E-state index < -0.39 is 0 Å². The van der Waals surface area contributed by atoms with Gasteiger partial charge in [-0.25, -0.2) is 4.39 Å². The number of hydrogen-bond donors (Lipinski definition) is 1. The molecule has 0 radical (unpaired) electrons. The van der Waals surface area contributed by atoms with Crippen LogP contribution in [0.2, 0.25) is 0 Å². The number of nitrogens with two attached hydrogens (primary N) is 1. The lowest BCUT2D eigenvalue weighted by Gasteiger charge is -2.23. The predicted molar refractivity (Wildman–Crippen MR) is 70.1 cm³/mol. The molecule has 0 fully saturated rings. The fraction of sp³-hybridized carbons (Fsp3) is 0.143. The molecule has 0 aliphatic carbocycles. The highest BCUT2D eigenvalue weighted by atomic mass is 19.1. The molecule has 0 bridgehead atoms. The summed E-state index contributed by atoms with van der Waals surface area (Å²) in [5.74, 6) is -0.249. The molecule has 17 heavy (non-hydrogen) atoms. The highest BCUT2D eigenvalue weighted by Gasteiger charge is 2.10. The van der Waals surface area contributed by atoms with Gasteiger partial charge >= 0.3 is 0 Å². The first kappa shape index (κ1) is 11.5. The standard InChI is InChI=1S/C14H15FN2/c1-10-5-3-8-13(16)14(10)17(2)12-7-4-6-11(15)9-12/h3-9H,16H2,1-2H3. The molecule has 0 amide bonds. The highest BCUT2D eigenvalue weighted by molar-refractivity contribution is 5.77. The zero-order valence-corrected chi connectivity index (χ0v) is 9.94. The number of benzene rings is 2. The molecular formula is C14H15FN2. The summed E-state index contributed by atoms with van der Waals surface area (Å²) in [6.45, 7) is 1.99. The van der Waals surface area contributed by atoms with Gasteiger partial charge in [-0.05, 0) is 36.8 Å². The minimum Gasteiger partial charge on any atom is -0.397 e. The molecule has 2 nitrogen and oxygen atoms in total. The van der Waals surface area contributed by atoms with E-state index >= 15 is 0 Å². The van der Waals surface area contributed by atoms with Gasteiger partial charge in [0.2, 0.25) is 0 Å². The number of aryl methyl sites for hydroxylation is 1. The molecule has 0 heterocycles. The third-order valence-electron chi connectivity index (χ3n) is 2.80. The predicted octanol–water partition coefficient (Wildman–Crippen LogP) is 3.48. The van der Waals surface area contributed by atoms with Crippen LogP contribution in [0.25, 0.3) is 0 Å². The second-order valence-electron chi connectivity index (χ2n) is 4.05. The maximum atomic E-state index is 13.2. The third-order valence-corrected chi connectivity index (χ3v) is 2.80. The smallest absolute Gasteiger partial charge is 0.125 e. The fourth-order valence-corrected chi connectivity index (χ4v) is 1.95. The number of halogens is 1. The van der Waals surface area contributed by atoms with Crippen LogP contribution in [0.3, 0.4) is 0 Å². The number of nitrogens with zero attached hydrogens (tertiary/aromatic N) is 1. The molecule has 2 aromatic rings. The van der Waals surface area contributed by atoms with Crippen molar-refractivity contribution in [2.75, 3.05) is 17.7 Å². The SMILES string of the molecule is Cc1cccc(N)c1N(C)c1cccc(F)c1. The van der Waals surface area contributed by atoms with E-state index in [9.17, 15) is 4.39 Å². The Bertz CT molecular complexity index is 517. The number of rotatable bonds is 2. The van der Waals surface area contributed by atoms with Crippen molar-refractivity contribution in [1.82, 2.24) is 0 Å². The van der Waals surface area contributed by atoms with Crippen molar-refractivity contribution in [3.63, 3.8) is 0 Å². The summed E-state index contributed by atoms with van der Waals surface area (Å²) in [6.07, 6.45) is 0. The lowest BCUT2D eigenvalue weighted by molar-refractivity contribution is 0.628. The summed E-state index contributed by atoms with van der Waals surface area (Å²) in [6, 6.07) is 12.2. The van der Waals surface area contributed by atoms with E-state index in [0.29, 0.717) is 5.69 Å². The van der Waals surface area contributed by atoms with Gasteiger partial charge in [0, 0.05) is 12.7 Å². The van der Waals surface area contributed by atoms with E-state index in [-0.39, 0.29) is 5.82 Å². The first-order valence-corrected chi connectivity index (χ1v) is 5.44. The van der Waals surface area contributed by atoms with Gasteiger partial charge < -0.3 is 10.6 Å². The molecule has 0 aliphatic heterocycles. The van der Waals surface area contributed by atoms with E-state index in [1.54, 1.807) is 6.07 Å². The van der Waals surface area contributed by atoms with Crippen molar-refractivity contribution in [1.29, 1.82) is 0 Å². The Hall–Kier alpha value is -2.03. The molecular weight excluding hydrogens is 215 g/mol. The Morgan fingerprint density at radius 2 is 1.82 bits per heavy atom. The van der Waals surface area contributed by atoms with Crippen LogP contribution in [0.4, 0.5) is 21.5 Å². The summed E-state index contributed by atoms with van der Waals surface area (Å²) in [5.41, 5.74) is 9.42. The van der Waals surface area contributed by atoms with Gasteiger partial charge in [0.1, 0.15) is 5.82 Å². The molecule has 0 unspecified atom stereocenters. The topological polar surface area (TPSA) is 29.3 Å². The van der Waals surface area contributed by atoms with E-state index in [1.807, 2.05) is 43.1 Å². The van der Waals surface area contributed by atoms with Crippen LogP contribution in [0.1, 0.15) is 5.56 Å². The first-order chi connectivity index (χ1) is 8.09. The Labute approximate surface area is 100 Å². The van der Waals surface area contributed by atoms with E-state index in [1.165, 1.54) is 12.1 Å². The summed E-state index contributed by atoms with van der Waals surface area (Å²) in [7, 11) is 1.88. The Balaban J connectivity index is 2.47. The molecule has 0 atom stereocenters. The van der Waals surface area contributed by atoms with Crippen molar-refractivity contribution in [3.8, 4) is 0 Å². The summed E-state index contributed by atoms with van der Waals surface area (Å²) < 4.78 is 13.2. The van der Waals surface area contributed by atoms with Crippen molar-refractivity contribution in [2.45, 2.75) is 6.92 Å². The van der Waals surface area contributed by atoms with Gasteiger partial charge in [-0.2, -0.15) is 0 Å². The average Bonchev–Trinajstić information content (AvgIpc) is 2.28. The normalized spacial score (nSPS) is 10.3. The Morgan fingerprint density at radius 3 is 2.47 bits per heavy atom. The highest BCUT2D eigenvalue weighted by Crippen LogP contribution is 2.32.